The first-order valence-electron chi connectivity index (χ1n) is 8.65. The van der Waals surface area contributed by atoms with E-state index in [0.29, 0.717) is 25.6 Å². The molecule has 0 saturated heterocycles. The number of carbonyl (C=O) groups is 1. The maximum absolute atomic E-state index is 12.1. The maximum atomic E-state index is 12.1. The zero-order valence-corrected chi connectivity index (χ0v) is 14.7. The van der Waals surface area contributed by atoms with Crippen molar-refractivity contribution in [3.63, 3.8) is 0 Å². The van der Waals surface area contributed by atoms with Gasteiger partial charge in [-0.1, -0.05) is 50.2 Å². The molecule has 1 amide bonds. The summed E-state index contributed by atoms with van der Waals surface area (Å²) in [5, 5.41) is 3.98. The molecule has 1 heterocycles. The summed E-state index contributed by atoms with van der Waals surface area (Å²) in [6.07, 6.45) is 1.94. The smallest absolute Gasteiger partial charge is 0.239 e. The Hall–Kier alpha value is -2.75. The van der Waals surface area contributed by atoms with Gasteiger partial charge in [0.05, 0.1) is 5.52 Å². The number of hydrogen-bond acceptors (Lipinski definition) is 2. The van der Waals surface area contributed by atoms with Gasteiger partial charge < -0.3 is 14.6 Å². The van der Waals surface area contributed by atoms with Crippen LogP contribution in [0.15, 0.2) is 60.8 Å². The lowest BCUT2D eigenvalue weighted by Gasteiger charge is -2.10. The van der Waals surface area contributed by atoms with Crippen LogP contribution in [0.25, 0.3) is 10.9 Å². The van der Waals surface area contributed by atoms with Crippen molar-refractivity contribution in [1.29, 1.82) is 0 Å². The van der Waals surface area contributed by atoms with Gasteiger partial charge in [0.15, 0.2) is 0 Å². The Bertz CT molecular complexity index is 837. The molecule has 130 valence electrons. The molecule has 1 aromatic heterocycles. The largest absolute Gasteiger partial charge is 0.488 e. The SMILES string of the molecule is CC(C)CNC(=O)Cn1ccc2c(OCc3ccccc3)cccc21. The van der Waals surface area contributed by atoms with Gasteiger partial charge in [0.25, 0.3) is 0 Å². The molecule has 4 nitrogen and oxygen atoms in total. The fourth-order valence-corrected chi connectivity index (χ4v) is 2.72. The lowest BCUT2D eigenvalue weighted by atomic mass is 10.2. The minimum atomic E-state index is 0.0295. The molecule has 0 saturated carbocycles. The summed E-state index contributed by atoms with van der Waals surface area (Å²) in [5.41, 5.74) is 2.14. The van der Waals surface area contributed by atoms with Crippen molar-refractivity contribution in [2.75, 3.05) is 6.54 Å². The number of benzene rings is 2. The molecule has 25 heavy (non-hydrogen) atoms. The van der Waals surface area contributed by atoms with Crippen molar-refractivity contribution in [3.8, 4) is 5.75 Å². The molecule has 0 aliphatic rings. The number of fused-ring (bicyclic) bond motifs is 1. The first-order valence-corrected chi connectivity index (χ1v) is 8.65. The van der Waals surface area contributed by atoms with Gasteiger partial charge in [0, 0.05) is 18.1 Å². The average molecular weight is 336 g/mol. The molecule has 0 unspecified atom stereocenters. The third kappa shape index (κ3) is 4.41. The van der Waals surface area contributed by atoms with Crippen molar-refractivity contribution < 1.29 is 9.53 Å². The van der Waals surface area contributed by atoms with E-state index in [4.69, 9.17) is 4.74 Å². The maximum Gasteiger partial charge on any atom is 0.239 e. The number of ether oxygens (including phenoxy) is 1. The Morgan fingerprint density at radius 2 is 1.88 bits per heavy atom. The molecular formula is C21H24N2O2. The second-order valence-electron chi connectivity index (χ2n) is 6.60. The molecule has 0 bridgehead atoms. The highest BCUT2D eigenvalue weighted by molar-refractivity contribution is 5.88. The predicted molar refractivity (Wildman–Crippen MR) is 101 cm³/mol. The van der Waals surface area contributed by atoms with Crippen LogP contribution in [0.4, 0.5) is 0 Å². The van der Waals surface area contributed by atoms with E-state index < -0.39 is 0 Å². The molecule has 0 radical (unpaired) electrons. The van der Waals surface area contributed by atoms with Gasteiger partial charge in [-0.3, -0.25) is 4.79 Å². The Balaban J connectivity index is 1.72. The van der Waals surface area contributed by atoms with Crippen molar-refractivity contribution in [2.24, 2.45) is 5.92 Å². The molecule has 3 rings (SSSR count). The molecule has 0 spiro atoms. The van der Waals surface area contributed by atoms with Crippen LogP contribution in [0.3, 0.4) is 0 Å². The Morgan fingerprint density at radius 3 is 2.64 bits per heavy atom. The van der Waals surface area contributed by atoms with E-state index in [0.717, 1.165) is 22.2 Å². The number of amides is 1. The van der Waals surface area contributed by atoms with E-state index in [1.165, 1.54) is 0 Å². The number of rotatable bonds is 7. The standard InChI is InChI=1S/C21H24N2O2/c1-16(2)13-22-21(24)14-23-12-11-18-19(23)9-6-10-20(18)25-15-17-7-4-3-5-8-17/h3-12,16H,13-15H2,1-2H3,(H,22,24). The zero-order chi connectivity index (χ0) is 17.6. The van der Waals surface area contributed by atoms with Crippen molar-refractivity contribution in [1.82, 2.24) is 9.88 Å². The monoisotopic (exact) mass is 336 g/mol. The Labute approximate surface area is 148 Å². The summed E-state index contributed by atoms with van der Waals surface area (Å²) in [5.74, 6) is 1.31. The summed E-state index contributed by atoms with van der Waals surface area (Å²) in [6, 6.07) is 18.0. The van der Waals surface area contributed by atoms with E-state index in [1.54, 1.807) is 0 Å². The highest BCUT2D eigenvalue weighted by Gasteiger charge is 2.10. The lowest BCUT2D eigenvalue weighted by molar-refractivity contribution is -0.121. The fraction of sp³-hybridized carbons (Fsp3) is 0.286. The molecule has 1 N–H and O–H groups in total. The second-order valence-corrected chi connectivity index (χ2v) is 6.60. The van der Waals surface area contributed by atoms with Crippen LogP contribution in [0.5, 0.6) is 5.75 Å². The molecule has 0 aliphatic carbocycles. The highest BCUT2D eigenvalue weighted by atomic mass is 16.5. The van der Waals surface area contributed by atoms with Crippen LogP contribution >= 0.6 is 0 Å². The average Bonchev–Trinajstić information content (AvgIpc) is 3.02. The summed E-state index contributed by atoms with van der Waals surface area (Å²) < 4.78 is 7.95. The Morgan fingerprint density at radius 1 is 1.08 bits per heavy atom. The number of aromatic nitrogens is 1. The van der Waals surface area contributed by atoms with E-state index in [2.05, 4.69) is 19.2 Å². The predicted octanol–water partition coefficient (Wildman–Crippen LogP) is 3.99. The van der Waals surface area contributed by atoms with Crippen LogP contribution in [0.2, 0.25) is 0 Å². The summed E-state index contributed by atoms with van der Waals surface area (Å²) in [6.45, 7) is 5.71. The van der Waals surface area contributed by atoms with Crippen molar-refractivity contribution in [2.45, 2.75) is 27.0 Å². The van der Waals surface area contributed by atoms with Crippen LogP contribution in [-0.4, -0.2) is 17.0 Å². The molecule has 0 aliphatic heterocycles. The molecule has 2 aromatic carbocycles. The third-order valence-electron chi connectivity index (χ3n) is 4.03. The third-order valence-corrected chi connectivity index (χ3v) is 4.03. The van der Waals surface area contributed by atoms with Gasteiger partial charge in [-0.2, -0.15) is 0 Å². The van der Waals surface area contributed by atoms with Crippen LogP contribution in [0.1, 0.15) is 19.4 Å². The first-order chi connectivity index (χ1) is 12.1. The molecule has 0 atom stereocenters. The Kier molecular flexibility index (Phi) is 5.39. The van der Waals surface area contributed by atoms with Crippen molar-refractivity contribution in [3.05, 3.63) is 66.4 Å². The molecular weight excluding hydrogens is 312 g/mol. The summed E-state index contributed by atoms with van der Waals surface area (Å²) >= 11 is 0. The number of nitrogens with one attached hydrogen (secondary N) is 1. The normalized spacial score (nSPS) is 11.0. The lowest BCUT2D eigenvalue weighted by Crippen LogP contribution is -2.30. The summed E-state index contributed by atoms with van der Waals surface area (Å²) in [4.78, 5) is 12.1. The fourth-order valence-electron chi connectivity index (χ4n) is 2.72. The van der Waals surface area contributed by atoms with Crippen LogP contribution < -0.4 is 10.1 Å². The number of hydrogen-bond donors (Lipinski definition) is 1. The van der Waals surface area contributed by atoms with Gasteiger partial charge in [-0.25, -0.2) is 0 Å². The topological polar surface area (TPSA) is 43.3 Å². The van der Waals surface area contributed by atoms with E-state index in [9.17, 15) is 4.79 Å². The van der Waals surface area contributed by atoms with E-state index in [1.807, 2.05) is 65.4 Å². The van der Waals surface area contributed by atoms with Crippen molar-refractivity contribution >= 4 is 16.8 Å². The van der Waals surface area contributed by atoms with Gasteiger partial charge in [0.1, 0.15) is 18.9 Å². The van der Waals surface area contributed by atoms with E-state index >= 15 is 0 Å². The quantitative estimate of drug-likeness (QED) is 0.709. The minimum Gasteiger partial charge on any atom is -0.488 e. The van der Waals surface area contributed by atoms with Gasteiger partial charge in [0.2, 0.25) is 5.91 Å². The minimum absolute atomic E-state index is 0.0295. The molecule has 3 aromatic rings. The molecule has 4 heteroatoms. The number of carbonyl (C=O) groups excluding carboxylic acids is 1. The number of nitrogens with zero attached hydrogens (tertiary/aromatic N) is 1. The molecule has 0 fully saturated rings. The summed E-state index contributed by atoms with van der Waals surface area (Å²) in [7, 11) is 0. The zero-order valence-electron chi connectivity index (χ0n) is 14.7. The van der Waals surface area contributed by atoms with E-state index in [-0.39, 0.29) is 5.91 Å². The second kappa shape index (κ2) is 7.88. The highest BCUT2D eigenvalue weighted by Crippen LogP contribution is 2.27. The van der Waals surface area contributed by atoms with Crippen LogP contribution in [0, 0.1) is 5.92 Å². The van der Waals surface area contributed by atoms with Gasteiger partial charge in [-0.05, 0) is 29.7 Å². The van der Waals surface area contributed by atoms with Gasteiger partial charge >= 0.3 is 0 Å². The first kappa shape index (κ1) is 17.1. The van der Waals surface area contributed by atoms with Crippen LogP contribution in [-0.2, 0) is 17.9 Å². The van der Waals surface area contributed by atoms with Gasteiger partial charge in [-0.15, -0.1) is 0 Å².